The van der Waals surface area contributed by atoms with Crippen LogP contribution in [0.5, 0.6) is 5.75 Å². The Hall–Kier alpha value is -3.35. The molecule has 0 aliphatic heterocycles. The van der Waals surface area contributed by atoms with E-state index in [0.29, 0.717) is 24.5 Å². The van der Waals surface area contributed by atoms with Crippen molar-refractivity contribution in [1.29, 1.82) is 0 Å². The van der Waals surface area contributed by atoms with Crippen LogP contribution in [0, 0.1) is 0 Å². The minimum Gasteiger partial charge on any atom is -0.493 e. The van der Waals surface area contributed by atoms with Gasteiger partial charge in [-0.25, -0.2) is 0 Å². The van der Waals surface area contributed by atoms with Gasteiger partial charge in [-0.1, -0.05) is 42.5 Å². The lowest BCUT2D eigenvalue weighted by Gasteiger charge is -2.14. The molecule has 0 fully saturated rings. The Morgan fingerprint density at radius 2 is 1.64 bits per heavy atom. The molecule has 0 unspecified atom stereocenters. The fraction of sp³-hybridized carbons (Fsp3) is 0.286. The molecule has 0 heterocycles. The first-order valence-corrected chi connectivity index (χ1v) is 9.02. The van der Waals surface area contributed by atoms with E-state index in [9.17, 15) is 14.4 Å². The van der Waals surface area contributed by atoms with Crippen LogP contribution in [0.2, 0.25) is 0 Å². The Labute approximate surface area is 164 Å². The van der Waals surface area contributed by atoms with Crippen LogP contribution in [0.1, 0.15) is 29.8 Å². The number of hydrogen-bond donors (Lipinski definition) is 2. The van der Waals surface area contributed by atoms with Gasteiger partial charge >= 0.3 is 5.97 Å². The van der Waals surface area contributed by atoms with E-state index in [4.69, 9.17) is 9.47 Å². The van der Waals surface area contributed by atoms with Gasteiger partial charge in [-0.15, -0.1) is 0 Å². The van der Waals surface area contributed by atoms with Crippen molar-refractivity contribution in [1.82, 2.24) is 10.6 Å². The molecule has 2 aromatic rings. The Bertz CT molecular complexity index is 807. The molecule has 0 aliphatic carbocycles. The van der Waals surface area contributed by atoms with Gasteiger partial charge in [0.2, 0.25) is 0 Å². The third kappa shape index (κ3) is 6.42. The number of esters is 1. The van der Waals surface area contributed by atoms with Crippen LogP contribution in [0.25, 0.3) is 0 Å². The van der Waals surface area contributed by atoms with Crippen molar-refractivity contribution >= 4 is 17.8 Å². The molecule has 0 aliphatic rings. The maximum Gasteiger partial charge on any atom is 0.326 e. The second-order valence-electron chi connectivity index (χ2n) is 5.95. The van der Waals surface area contributed by atoms with E-state index in [1.54, 1.807) is 24.3 Å². The third-order valence-electron chi connectivity index (χ3n) is 3.81. The van der Waals surface area contributed by atoms with E-state index in [1.807, 2.05) is 37.3 Å². The van der Waals surface area contributed by atoms with E-state index in [2.05, 4.69) is 10.6 Å². The van der Waals surface area contributed by atoms with E-state index >= 15 is 0 Å². The van der Waals surface area contributed by atoms with Crippen molar-refractivity contribution in [2.45, 2.75) is 26.5 Å². The molecule has 2 aromatic carbocycles. The highest BCUT2D eigenvalue weighted by atomic mass is 16.5. The molecule has 0 radical (unpaired) electrons. The molecule has 0 spiro atoms. The zero-order chi connectivity index (χ0) is 20.4. The highest BCUT2D eigenvalue weighted by Gasteiger charge is 2.19. The number of amides is 2. The summed E-state index contributed by atoms with van der Waals surface area (Å²) >= 11 is 0. The second kappa shape index (κ2) is 10.7. The molecule has 0 bridgehead atoms. The van der Waals surface area contributed by atoms with Crippen molar-refractivity contribution in [3.63, 3.8) is 0 Å². The zero-order valence-corrected chi connectivity index (χ0v) is 15.9. The molecule has 0 aromatic heterocycles. The summed E-state index contributed by atoms with van der Waals surface area (Å²) in [6, 6.07) is 16.1. The van der Waals surface area contributed by atoms with E-state index in [1.165, 1.54) is 6.92 Å². The van der Waals surface area contributed by atoms with Gasteiger partial charge < -0.3 is 20.1 Å². The summed E-state index contributed by atoms with van der Waals surface area (Å²) in [5, 5.41) is 5.17. The van der Waals surface area contributed by atoms with Gasteiger partial charge in [0.1, 0.15) is 12.3 Å². The highest BCUT2D eigenvalue weighted by molar-refractivity contribution is 5.98. The summed E-state index contributed by atoms with van der Waals surface area (Å²) in [7, 11) is 0. The summed E-state index contributed by atoms with van der Waals surface area (Å²) in [4.78, 5) is 36.2. The summed E-state index contributed by atoms with van der Waals surface area (Å²) in [5.41, 5.74) is 1.26. The SMILES string of the molecule is CCOc1ccccc1C(=O)NCC(=O)O[C@@H](C)C(=O)NCc1ccccc1. The third-order valence-corrected chi connectivity index (χ3v) is 3.81. The van der Waals surface area contributed by atoms with Gasteiger partial charge in [0, 0.05) is 6.54 Å². The Kier molecular flexibility index (Phi) is 8.02. The van der Waals surface area contributed by atoms with Crippen molar-refractivity contribution < 1.29 is 23.9 Å². The molecule has 2 N–H and O–H groups in total. The topological polar surface area (TPSA) is 93.7 Å². The van der Waals surface area contributed by atoms with Crippen LogP contribution in [0.15, 0.2) is 54.6 Å². The molecule has 0 saturated carbocycles. The quantitative estimate of drug-likeness (QED) is 0.646. The second-order valence-corrected chi connectivity index (χ2v) is 5.95. The van der Waals surface area contributed by atoms with Crippen LogP contribution >= 0.6 is 0 Å². The number of hydrogen-bond acceptors (Lipinski definition) is 5. The minimum atomic E-state index is -0.969. The number of ether oxygens (including phenoxy) is 2. The smallest absolute Gasteiger partial charge is 0.326 e. The summed E-state index contributed by atoms with van der Waals surface area (Å²) in [5.74, 6) is -1.14. The largest absolute Gasteiger partial charge is 0.493 e. The molecular weight excluding hydrogens is 360 g/mol. The number of nitrogens with one attached hydrogen (secondary N) is 2. The van der Waals surface area contributed by atoms with E-state index < -0.39 is 23.9 Å². The zero-order valence-electron chi connectivity index (χ0n) is 15.9. The molecule has 2 rings (SSSR count). The maximum atomic E-state index is 12.2. The van der Waals surface area contributed by atoms with Gasteiger partial charge in [0.15, 0.2) is 6.10 Å². The number of carbonyl (C=O) groups excluding carboxylic acids is 3. The molecule has 7 nitrogen and oxygen atoms in total. The van der Waals surface area contributed by atoms with Crippen LogP contribution in [0.4, 0.5) is 0 Å². The van der Waals surface area contributed by atoms with Gasteiger partial charge in [0.25, 0.3) is 11.8 Å². The van der Waals surface area contributed by atoms with Crippen LogP contribution in [0.3, 0.4) is 0 Å². The molecule has 148 valence electrons. The maximum absolute atomic E-state index is 12.2. The fourth-order valence-electron chi connectivity index (χ4n) is 2.40. The standard InChI is InChI=1S/C21H24N2O5/c1-3-27-18-12-8-7-11-17(18)21(26)23-14-19(24)28-15(2)20(25)22-13-16-9-5-4-6-10-16/h4-12,15H,3,13-14H2,1-2H3,(H,22,25)(H,23,26)/t15-/m0/s1. The molecule has 28 heavy (non-hydrogen) atoms. The monoisotopic (exact) mass is 384 g/mol. The van der Waals surface area contributed by atoms with Crippen LogP contribution < -0.4 is 15.4 Å². The average molecular weight is 384 g/mol. The van der Waals surface area contributed by atoms with Crippen molar-refractivity contribution in [2.75, 3.05) is 13.2 Å². The predicted molar refractivity (Wildman–Crippen MR) is 104 cm³/mol. The highest BCUT2D eigenvalue weighted by Crippen LogP contribution is 2.17. The Morgan fingerprint density at radius 3 is 2.36 bits per heavy atom. The van der Waals surface area contributed by atoms with Crippen LogP contribution in [-0.2, 0) is 20.9 Å². The van der Waals surface area contributed by atoms with E-state index in [-0.39, 0.29) is 6.54 Å². The van der Waals surface area contributed by atoms with Gasteiger partial charge in [-0.3, -0.25) is 14.4 Å². The molecule has 0 saturated heterocycles. The lowest BCUT2D eigenvalue weighted by atomic mass is 10.2. The first kappa shape index (κ1) is 21.0. The number of para-hydroxylation sites is 1. The first-order valence-electron chi connectivity index (χ1n) is 9.02. The van der Waals surface area contributed by atoms with Gasteiger partial charge in [-0.2, -0.15) is 0 Å². The number of benzene rings is 2. The molecule has 7 heteroatoms. The fourth-order valence-corrected chi connectivity index (χ4v) is 2.40. The lowest BCUT2D eigenvalue weighted by molar-refractivity contribution is -0.153. The average Bonchev–Trinajstić information content (AvgIpc) is 2.71. The van der Waals surface area contributed by atoms with Crippen molar-refractivity contribution in [2.24, 2.45) is 0 Å². The van der Waals surface area contributed by atoms with Gasteiger partial charge in [-0.05, 0) is 31.5 Å². The van der Waals surface area contributed by atoms with E-state index in [0.717, 1.165) is 5.56 Å². The first-order chi connectivity index (χ1) is 13.5. The normalized spacial score (nSPS) is 11.2. The van der Waals surface area contributed by atoms with Gasteiger partial charge in [0.05, 0.1) is 12.2 Å². The number of rotatable bonds is 9. The van der Waals surface area contributed by atoms with Crippen LogP contribution in [-0.4, -0.2) is 37.0 Å². The summed E-state index contributed by atoms with van der Waals surface area (Å²) in [6.07, 6.45) is -0.969. The minimum absolute atomic E-state index is 0.325. The molecular formula is C21H24N2O5. The van der Waals surface area contributed by atoms with Crippen molar-refractivity contribution in [3.05, 3.63) is 65.7 Å². The number of carbonyl (C=O) groups is 3. The summed E-state index contributed by atoms with van der Waals surface area (Å²) < 4.78 is 10.5. The summed E-state index contributed by atoms with van der Waals surface area (Å²) in [6.45, 7) is 3.70. The lowest BCUT2D eigenvalue weighted by Crippen LogP contribution is -2.38. The Morgan fingerprint density at radius 1 is 0.964 bits per heavy atom. The molecule has 1 atom stereocenters. The van der Waals surface area contributed by atoms with Crippen molar-refractivity contribution in [3.8, 4) is 5.75 Å². The predicted octanol–water partition coefficient (Wildman–Crippen LogP) is 2.06. The Balaban J connectivity index is 1.78. The molecule has 2 amide bonds.